The summed E-state index contributed by atoms with van der Waals surface area (Å²) in [5.74, 6) is 0.250. The van der Waals surface area contributed by atoms with Gasteiger partial charge in [0.05, 0.1) is 24.3 Å². The summed E-state index contributed by atoms with van der Waals surface area (Å²) in [4.78, 5) is 22.3. The highest BCUT2D eigenvalue weighted by Gasteiger charge is 2.27. The molecule has 196 valence electrons. The zero-order valence-corrected chi connectivity index (χ0v) is 22.6. The number of carbonyl (C=O) groups excluding carboxylic acids is 1. The number of carbonyl (C=O) groups is 1. The average molecular weight is 543 g/mol. The Morgan fingerprint density at radius 2 is 1.97 bits per heavy atom. The number of nitrogens with one attached hydrogen (secondary N) is 1. The Morgan fingerprint density at radius 1 is 1.16 bits per heavy atom. The van der Waals surface area contributed by atoms with Gasteiger partial charge in [-0.25, -0.2) is 4.98 Å². The summed E-state index contributed by atoms with van der Waals surface area (Å²) in [5.41, 5.74) is 1.40. The number of likely N-dealkylation sites (tertiary alicyclic amines) is 1. The largest absolute Gasteiger partial charge is 0.437 e. The Labute approximate surface area is 228 Å². The van der Waals surface area contributed by atoms with E-state index in [1.165, 1.54) is 0 Å². The van der Waals surface area contributed by atoms with Gasteiger partial charge >= 0.3 is 0 Å². The Kier molecular flexibility index (Phi) is 9.77. The molecule has 1 N–H and O–H groups in total. The molecule has 0 aliphatic carbocycles. The van der Waals surface area contributed by atoms with Crippen molar-refractivity contribution in [3.63, 3.8) is 0 Å². The molecule has 0 spiro atoms. The van der Waals surface area contributed by atoms with Gasteiger partial charge < -0.3 is 19.7 Å². The van der Waals surface area contributed by atoms with E-state index in [9.17, 15) is 4.79 Å². The maximum atomic E-state index is 13.4. The summed E-state index contributed by atoms with van der Waals surface area (Å²) in [5, 5.41) is 3.98. The fraction of sp³-hybridized carbons (Fsp3) is 0.357. The van der Waals surface area contributed by atoms with Gasteiger partial charge in [-0.3, -0.25) is 9.69 Å². The van der Waals surface area contributed by atoms with Crippen molar-refractivity contribution in [1.29, 1.82) is 0 Å². The van der Waals surface area contributed by atoms with Crippen LogP contribution in [0.3, 0.4) is 0 Å². The van der Waals surface area contributed by atoms with Crippen LogP contribution in [-0.2, 0) is 11.3 Å². The first-order valence-corrected chi connectivity index (χ1v) is 13.0. The number of aromatic nitrogens is 1. The van der Waals surface area contributed by atoms with Crippen LogP contribution in [0.4, 0.5) is 0 Å². The number of halogens is 2. The fourth-order valence-electron chi connectivity index (χ4n) is 4.31. The maximum absolute atomic E-state index is 13.4. The van der Waals surface area contributed by atoms with Crippen molar-refractivity contribution >= 4 is 29.1 Å². The predicted molar refractivity (Wildman–Crippen MR) is 147 cm³/mol. The molecule has 1 unspecified atom stereocenters. The maximum Gasteiger partial charge on any atom is 0.257 e. The molecule has 37 heavy (non-hydrogen) atoms. The van der Waals surface area contributed by atoms with Crippen LogP contribution in [-0.4, -0.2) is 73.1 Å². The smallest absolute Gasteiger partial charge is 0.257 e. The average Bonchev–Trinajstić information content (AvgIpc) is 3.35. The SMILES string of the molecule is CN(C)C1CCN(C[C@@H](COCc2ccccc2)NC(=O)c2cccnc2Oc2ccc(Cl)cc2Cl)C1. The van der Waals surface area contributed by atoms with Crippen molar-refractivity contribution in [2.45, 2.75) is 25.1 Å². The van der Waals surface area contributed by atoms with Gasteiger partial charge in [0, 0.05) is 30.4 Å². The van der Waals surface area contributed by atoms with Gasteiger partial charge in [0.1, 0.15) is 11.3 Å². The Morgan fingerprint density at radius 3 is 2.70 bits per heavy atom. The van der Waals surface area contributed by atoms with Crippen LogP contribution < -0.4 is 10.1 Å². The molecule has 1 aliphatic heterocycles. The molecule has 1 aromatic heterocycles. The van der Waals surface area contributed by atoms with Gasteiger partial charge in [0.2, 0.25) is 5.88 Å². The highest BCUT2D eigenvalue weighted by atomic mass is 35.5. The summed E-state index contributed by atoms with van der Waals surface area (Å²) >= 11 is 12.3. The normalized spacial score (nSPS) is 16.6. The van der Waals surface area contributed by atoms with Crippen molar-refractivity contribution in [3.8, 4) is 11.6 Å². The lowest BCUT2D eigenvalue weighted by Crippen LogP contribution is -2.46. The fourth-order valence-corrected chi connectivity index (χ4v) is 4.76. The topological polar surface area (TPSA) is 66.9 Å². The Hall–Kier alpha value is -2.68. The molecule has 2 atom stereocenters. The van der Waals surface area contributed by atoms with Crippen molar-refractivity contribution in [3.05, 3.63) is 88.0 Å². The number of ether oxygens (including phenoxy) is 2. The van der Waals surface area contributed by atoms with Crippen molar-refractivity contribution < 1.29 is 14.3 Å². The van der Waals surface area contributed by atoms with Gasteiger partial charge in [0.25, 0.3) is 5.91 Å². The molecule has 2 heterocycles. The minimum absolute atomic E-state index is 0.169. The zero-order chi connectivity index (χ0) is 26.2. The van der Waals surface area contributed by atoms with Crippen LogP contribution in [0, 0.1) is 0 Å². The van der Waals surface area contributed by atoms with Gasteiger partial charge in [-0.15, -0.1) is 0 Å². The lowest BCUT2D eigenvalue weighted by Gasteiger charge is -2.26. The van der Waals surface area contributed by atoms with E-state index in [1.807, 2.05) is 30.3 Å². The number of pyridine rings is 1. The van der Waals surface area contributed by atoms with E-state index in [0.29, 0.717) is 47.2 Å². The molecule has 1 aliphatic rings. The summed E-state index contributed by atoms with van der Waals surface area (Å²) < 4.78 is 11.9. The standard InChI is InChI=1S/C28H32Cl2N4O3/c1-33(2)23-12-14-34(17-23)16-22(19-36-18-20-7-4-3-5-8-20)32-27(35)24-9-6-13-31-28(24)37-26-11-10-21(29)15-25(26)30/h3-11,13,15,22-23H,12,14,16-19H2,1-2H3,(H,32,35)/t22-,23?/m0/s1. The van der Waals surface area contributed by atoms with Crippen molar-refractivity contribution in [2.75, 3.05) is 40.3 Å². The van der Waals surface area contributed by atoms with Crippen LogP contribution in [0.5, 0.6) is 11.6 Å². The monoisotopic (exact) mass is 542 g/mol. The lowest BCUT2D eigenvalue weighted by atomic mass is 10.2. The van der Waals surface area contributed by atoms with E-state index in [0.717, 1.165) is 25.1 Å². The second-order valence-electron chi connectivity index (χ2n) is 9.37. The van der Waals surface area contributed by atoms with E-state index in [-0.39, 0.29) is 17.8 Å². The second kappa shape index (κ2) is 13.2. The summed E-state index contributed by atoms with van der Waals surface area (Å²) in [6, 6.07) is 18.6. The zero-order valence-electron chi connectivity index (χ0n) is 21.1. The minimum Gasteiger partial charge on any atom is -0.437 e. The van der Waals surface area contributed by atoms with Crippen molar-refractivity contribution in [2.24, 2.45) is 0 Å². The van der Waals surface area contributed by atoms with E-state index >= 15 is 0 Å². The number of likely N-dealkylation sites (N-methyl/N-ethyl adjacent to an activating group) is 1. The third-order valence-corrected chi connectivity index (χ3v) is 6.87. The third kappa shape index (κ3) is 7.90. The van der Waals surface area contributed by atoms with Crippen LogP contribution in [0.1, 0.15) is 22.3 Å². The number of nitrogens with zero attached hydrogens (tertiary/aromatic N) is 3. The van der Waals surface area contributed by atoms with Crippen molar-refractivity contribution in [1.82, 2.24) is 20.1 Å². The Balaban J connectivity index is 1.45. The number of amides is 1. The summed E-state index contributed by atoms with van der Waals surface area (Å²) in [7, 11) is 4.21. The van der Waals surface area contributed by atoms with Gasteiger partial charge in [0.15, 0.2) is 0 Å². The molecule has 1 amide bonds. The molecule has 0 bridgehead atoms. The predicted octanol–water partition coefficient (Wildman–Crippen LogP) is 5.13. The van der Waals surface area contributed by atoms with Gasteiger partial charge in [-0.05, 0) is 63.0 Å². The highest BCUT2D eigenvalue weighted by molar-refractivity contribution is 6.35. The van der Waals surface area contributed by atoms with Crippen LogP contribution in [0.15, 0.2) is 66.9 Å². The number of hydrogen-bond acceptors (Lipinski definition) is 6. The summed E-state index contributed by atoms with van der Waals surface area (Å²) in [6.07, 6.45) is 2.67. The summed E-state index contributed by atoms with van der Waals surface area (Å²) in [6.45, 7) is 3.47. The van der Waals surface area contributed by atoms with E-state index in [2.05, 4.69) is 34.2 Å². The highest BCUT2D eigenvalue weighted by Crippen LogP contribution is 2.32. The molecule has 4 rings (SSSR count). The molecule has 1 fully saturated rings. The van der Waals surface area contributed by atoms with E-state index < -0.39 is 0 Å². The van der Waals surface area contributed by atoms with Crippen LogP contribution in [0.2, 0.25) is 10.0 Å². The second-order valence-corrected chi connectivity index (χ2v) is 10.2. The first-order chi connectivity index (χ1) is 17.9. The van der Waals surface area contributed by atoms with Gasteiger partial charge in [-0.2, -0.15) is 0 Å². The Bertz CT molecular complexity index is 1180. The molecular formula is C28H32Cl2N4O3. The molecule has 9 heteroatoms. The molecule has 0 saturated carbocycles. The molecule has 3 aromatic rings. The third-order valence-electron chi connectivity index (χ3n) is 6.34. The van der Waals surface area contributed by atoms with E-state index in [4.69, 9.17) is 32.7 Å². The number of rotatable bonds is 11. The first-order valence-electron chi connectivity index (χ1n) is 12.3. The minimum atomic E-state index is -0.287. The number of benzene rings is 2. The number of hydrogen-bond donors (Lipinski definition) is 1. The van der Waals surface area contributed by atoms with E-state index in [1.54, 1.807) is 36.5 Å². The lowest BCUT2D eigenvalue weighted by molar-refractivity contribution is 0.0731. The molecular weight excluding hydrogens is 511 g/mol. The first kappa shape index (κ1) is 27.4. The van der Waals surface area contributed by atoms with Crippen LogP contribution in [0.25, 0.3) is 0 Å². The molecule has 0 radical (unpaired) electrons. The molecule has 7 nitrogen and oxygen atoms in total. The molecule has 1 saturated heterocycles. The quantitative estimate of drug-likeness (QED) is 0.362. The molecule has 2 aromatic carbocycles. The van der Waals surface area contributed by atoms with Gasteiger partial charge in [-0.1, -0.05) is 53.5 Å². The van der Waals surface area contributed by atoms with Crippen LogP contribution >= 0.6 is 23.2 Å².